The summed E-state index contributed by atoms with van der Waals surface area (Å²) in [5.74, 6) is -1.39. The van der Waals surface area contributed by atoms with Gasteiger partial charge in [0, 0.05) is 22.3 Å². The Labute approximate surface area is 124 Å². The van der Waals surface area contributed by atoms with E-state index in [4.69, 9.17) is 0 Å². The minimum Gasteiger partial charge on any atom is -0.359 e. The zero-order valence-electron chi connectivity index (χ0n) is 10.1. The van der Waals surface area contributed by atoms with E-state index in [9.17, 15) is 14.4 Å². The molecule has 0 atom stereocenters. The lowest BCUT2D eigenvalue weighted by Gasteiger charge is -2.06. The second-order valence-corrected chi connectivity index (χ2v) is 4.89. The highest BCUT2D eigenvalue weighted by Crippen LogP contribution is 2.10. The number of carbonyl (C=O) groups is 3. The fraction of sp³-hybridized carbons (Fsp3) is 0.250. The molecule has 0 aromatic heterocycles. The van der Waals surface area contributed by atoms with Crippen LogP contribution in [0.1, 0.15) is 6.42 Å². The third-order valence-corrected chi connectivity index (χ3v) is 2.89. The van der Waals surface area contributed by atoms with Crippen LogP contribution in [-0.4, -0.2) is 31.3 Å². The van der Waals surface area contributed by atoms with E-state index in [0.29, 0.717) is 31.6 Å². The van der Waals surface area contributed by atoms with Crippen molar-refractivity contribution in [1.82, 2.24) is 10.6 Å². The average molecular weight is 375 g/mol. The third-order valence-electron chi connectivity index (χ3n) is 2.18. The number of nitrogens with one attached hydrogen (secondary N) is 3. The molecule has 0 saturated heterocycles. The summed E-state index contributed by atoms with van der Waals surface area (Å²) in [4.78, 5) is 32.9. The van der Waals surface area contributed by atoms with Gasteiger partial charge in [-0.1, -0.05) is 0 Å². The Balaban J connectivity index is 2.30. The van der Waals surface area contributed by atoms with Crippen LogP contribution < -0.4 is 16.0 Å². The normalized spacial score (nSPS) is 9.53. The number of hydrogen-bond donors (Lipinski definition) is 3. The molecule has 0 saturated carbocycles. The second-order valence-electron chi connectivity index (χ2n) is 3.64. The smallest absolute Gasteiger partial charge is 0.313 e. The first-order chi connectivity index (χ1) is 9.13. The van der Waals surface area contributed by atoms with Crippen LogP contribution in [0.5, 0.6) is 0 Å². The van der Waals surface area contributed by atoms with Crippen molar-refractivity contribution in [2.45, 2.75) is 6.42 Å². The SMILES string of the molecule is O=CNCCCNC(=O)C(=O)Nc1ccc(I)cc1. The number of hydrogen-bond acceptors (Lipinski definition) is 3. The Morgan fingerprint density at radius 3 is 2.42 bits per heavy atom. The van der Waals surface area contributed by atoms with Gasteiger partial charge in [0.25, 0.3) is 0 Å². The number of halogens is 1. The first kappa shape index (κ1) is 15.4. The molecule has 1 rings (SSSR count). The van der Waals surface area contributed by atoms with E-state index in [0.717, 1.165) is 3.57 Å². The maximum Gasteiger partial charge on any atom is 0.313 e. The molecule has 3 N–H and O–H groups in total. The van der Waals surface area contributed by atoms with Crippen LogP contribution in [-0.2, 0) is 14.4 Å². The molecule has 19 heavy (non-hydrogen) atoms. The zero-order valence-corrected chi connectivity index (χ0v) is 12.3. The number of anilines is 1. The van der Waals surface area contributed by atoms with E-state index in [2.05, 4.69) is 38.5 Å². The van der Waals surface area contributed by atoms with Crippen molar-refractivity contribution in [3.05, 3.63) is 27.8 Å². The van der Waals surface area contributed by atoms with Gasteiger partial charge >= 0.3 is 11.8 Å². The van der Waals surface area contributed by atoms with Gasteiger partial charge in [-0.15, -0.1) is 0 Å². The highest BCUT2D eigenvalue weighted by atomic mass is 127. The highest BCUT2D eigenvalue weighted by Gasteiger charge is 2.12. The molecule has 0 aliphatic carbocycles. The first-order valence-corrected chi connectivity index (χ1v) is 6.73. The molecule has 102 valence electrons. The first-order valence-electron chi connectivity index (χ1n) is 5.65. The minimum absolute atomic E-state index is 0.333. The summed E-state index contributed by atoms with van der Waals surface area (Å²) in [6.07, 6.45) is 1.16. The summed E-state index contributed by atoms with van der Waals surface area (Å²) in [6, 6.07) is 7.11. The van der Waals surface area contributed by atoms with Crippen LogP contribution in [0.25, 0.3) is 0 Å². The van der Waals surface area contributed by atoms with Crippen molar-refractivity contribution in [2.24, 2.45) is 0 Å². The summed E-state index contributed by atoms with van der Waals surface area (Å²) in [6.45, 7) is 0.794. The van der Waals surface area contributed by atoms with E-state index < -0.39 is 11.8 Å². The third kappa shape index (κ3) is 6.18. The molecule has 0 spiro atoms. The van der Waals surface area contributed by atoms with E-state index in [-0.39, 0.29) is 0 Å². The molecule has 7 heteroatoms. The monoisotopic (exact) mass is 375 g/mol. The van der Waals surface area contributed by atoms with Gasteiger partial charge in [-0.05, 0) is 53.3 Å². The maximum atomic E-state index is 11.5. The zero-order chi connectivity index (χ0) is 14.1. The topological polar surface area (TPSA) is 87.3 Å². The molecule has 0 unspecified atom stereocenters. The molecular formula is C12H14IN3O3. The van der Waals surface area contributed by atoms with Gasteiger partial charge in [0.2, 0.25) is 6.41 Å². The maximum absolute atomic E-state index is 11.5. The van der Waals surface area contributed by atoms with Crippen LogP contribution in [0.2, 0.25) is 0 Å². The van der Waals surface area contributed by atoms with Gasteiger partial charge < -0.3 is 16.0 Å². The second kappa shape index (κ2) is 8.46. The van der Waals surface area contributed by atoms with Crippen molar-refractivity contribution in [3.8, 4) is 0 Å². The molecule has 0 radical (unpaired) electrons. The molecule has 0 aliphatic heterocycles. The predicted octanol–water partition coefficient (Wildman–Crippen LogP) is 0.482. The molecule has 6 nitrogen and oxygen atoms in total. The molecule has 3 amide bonds. The molecule has 1 aromatic carbocycles. The number of benzene rings is 1. The van der Waals surface area contributed by atoms with Gasteiger partial charge in [-0.2, -0.15) is 0 Å². The van der Waals surface area contributed by atoms with Gasteiger partial charge in [-0.25, -0.2) is 0 Å². The van der Waals surface area contributed by atoms with Crippen LogP contribution in [0, 0.1) is 3.57 Å². The fourth-order valence-electron chi connectivity index (χ4n) is 1.25. The van der Waals surface area contributed by atoms with Gasteiger partial charge in [0.1, 0.15) is 0 Å². The summed E-state index contributed by atoms with van der Waals surface area (Å²) < 4.78 is 1.04. The van der Waals surface area contributed by atoms with Crippen molar-refractivity contribution in [3.63, 3.8) is 0 Å². The number of rotatable bonds is 6. The molecule has 0 bridgehead atoms. The Morgan fingerprint density at radius 1 is 1.11 bits per heavy atom. The molecule has 0 fully saturated rings. The van der Waals surface area contributed by atoms with Crippen molar-refractivity contribution in [1.29, 1.82) is 0 Å². The van der Waals surface area contributed by atoms with E-state index in [1.54, 1.807) is 12.1 Å². The lowest BCUT2D eigenvalue weighted by atomic mass is 10.3. The summed E-state index contributed by atoms with van der Waals surface area (Å²) in [7, 11) is 0. The van der Waals surface area contributed by atoms with E-state index in [1.807, 2.05) is 12.1 Å². The molecular weight excluding hydrogens is 361 g/mol. The molecule has 1 aromatic rings. The van der Waals surface area contributed by atoms with E-state index >= 15 is 0 Å². The largest absolute Gasteiger partial charge is 0.359 e. The minimum atomic E-state index is -0.704. The van der Waals surface area contributed by atoms with Crippen LogP contribution in [0.3, 0.4) is 0 Å². The van der Waals surface area contributed by atoms with Gasteiger partial charge in [0.05, 0.1) is 0 Å². The average Bonchev–Trinajstić information content (AvgIpc) is 2.41. The quantitative estimate of drug-likeness (QED) is 0.293. The van der Waals surface area contributed by atoms with Gasteiger partial charge in [-0.3, -0.25) is 14.4 Å². The Morgan fingerprint density at radius 2 is 1.79 bits per heavy atom. The Hall–Kier alpha value is -1.64. The lowest BCUT2D eigenvalue weighted by Crippen LogP contribution is -2.36. The molecule has 0 heterocycles. The van der Waals surface area contributed by atoms with Crippen LogP contribution in [0.15, 0.2) is 24.3 Å². The van der Waals surface area contributed by atoms with Crippen molar-refractivity contribution >= 4 is 46.5 Å². The predicted molar refractivity (Wildman–Crippen MR) is 79.5 cm³/mol. The fourth-order valence-corrected chi connectivity index (χ4v) is 1.61. The number of carbonyl (C=O) groups excluding carboxylic acids is 3. The summed E-state index contributed by atoms with van der Waals surface area (Å²) >= 11 is 2.15. The van der Waals surface area contributed by atoms with Crippen molar-refractivity contribution < 1.29 is 14.4 Å². The Kier molecular flexibility index (Phi) is 6.86. The van der Waals surface area contributed by atoms with Crippen LogP contribution >= 0.6 is 22.6 Å². The lowest BCUT2D eigenvalue weighted by molar-refractivity contribution is -0.136. The highest BCUT2D eigenvalue weighted by molar-refractivity contribution is 14.1. The molecule has 0 aliphatic rings. The summed E-state index contributed by atoms with van der Waals surface area (Å²) in [5, 5.41) is 7.42. The van der Waals surface area contributed by atoms with Gasteiger partial charge in [0.15, 0.2) is 0 Å². The number of amides is 3. The van der Waals surface area contributed by atoms with E-state index in [1.165, 1.54) is 0 Å². The summed E-state index contributed by atoms with van der Waals surface area (Å²) in [5.41, 5.74) is 0.572. The van der Waals surface area contributed by atoms with Crippen molar-refractivity contribution in [2.75, 3.05) is 18.4 Å². The Bertz CT molecular complexity index is 448. The standard InChI is InChI=1S/C12H14IN3O3/c13-9-2-4-10(5-3-9)16-12(19)11(18)15-7-1-6-14-8-17/h2-5,8H,1,6-7H2,(H,14,17)(H,15,18)(H,16,19). The van der Waals surface area contributed by atoms with Crippen LogP contribution in [0.4, 0.5) is 5.69 Å².